The number of carbonyl (C=O) groups is 1. The Balaban J connectivity index is 2.23. The lowest BCUT2D eigenvalue weighted by molar-refractivity contribution is -0.118. The second-order valence-electron chi connectivity index (χ2n) is 3.17. The Labute approximate surface area is 114 Å². The van der Waals surface area contributed by atoms with Gasteiger partial charge in [-0.05, 0) is 0 Å². The SMILES string of the molecule is C=CCNc1nnc(SCC(=O)NCCOC)s1. The normalized spacial score (nSPS) is 10.1. The van der Waals surface area contributed by atoms with Crippen LogP contribution < -0.4 is 10.6 Å². The average Bonchev–Trinajstić information content (AvgIpc) is 2.82. The van der Waals surface area contributed by atoms with Gasteiger partial charge in [0.2, 0.25) is 11.0 Å². The number of methoxy groups -OCH3 is 1. The number of hydrogen-bond acceptors (Lipinski definition) is 7. The first-order chi connectivity index (χ1) is 8.76. The molecule has 0 aromatic carbocycles. The first kappa shape index (κ1) is 14.9. The molecule has 1 aromatic rings. The Morgan fingerprint density at radius 2 is 2.44 bits per heavy atom. The molecule has 0 bridgehead atoms. The van der Waals surface area contributed by atoms with Gasteiger partial charge in [-0.3, -0.25) is 4.79 Å². The van der Waals surface area contributed by atoms with Crippen LogP contribution in [0.3, 0.4) is 0 Å². The molecule has 0 aliphatic carbocycles. The van der Waals surface area contributed by atoms with E-state index in [0.717, 1.165) is 9.47 Å². The molecule has 0 spiro atoms. The lowest BCUT2D eigenvalue weighted by Crippen LogP contribution is -2.28. The topological polar surface area (TPSA) is 76.1 Å². The number of carbonyl (C=O) groups excluding carboxylic acids is 1. The molecule has 0 saturated carbocycles. The van der Waals surface area contributed by atoms with Gasteiger partial charge in [0.25, 0.3) is 0 Å². The van der Waals surface area contributed by atoms with Crippen molar-refractivity contribution in [3.63, 3.8) is 0 Å². The highest BCUT2D eigenvalue weighted by Gasteiger charge is 2.07. The zero-order chi connectivity index (χ0) is 13.2. The summed E-state index contributed by atoms with van der Waals surface area (Å²) in [5, 5.41) is 14.4. The fourth-order valence-electron chi connectivity index (χ4n) is 0.970. The van der Waals surface area contributed by atoms with E-state index in [-0.39, 0.29) is 5.91 Å². The van der Waals surface area contributed by atoms with Gasteiger partial charge in [0.1, 0.15) is 0 Å². The highest BCUT2D eigenvalue weighted by Crippen LogP contribution is 2.24. The van der Waals surface area contributed by atoms with Crippen molar-refractivity contribution in [2.24, 2.45) is 0 Å². The molecule has 0 fully saturated rings. The van der Waals surface area contributed by atoms with Crippen LogP contribution in [-0.4, -0.2) is 48.7 Å². The predicted octanol–water partition coefficient (Wildman–Crippen LogP) is 0.991. The highest BCUT2D eigenvalue weighted by atomic mass is 32.2. The third-order valence-corrected chi connectivity index (χ3v) is 3.77. The molecular formula is C10H16N4O2S2. The van der Waals surface area contributed by atoms with Gasteiger partial charge in [-0.1, -0.05) is 29.2 Å². The van der Waals surface area contributed by atoms with Crippen molar-refractivity contribution >= 4 is 34.1 Å². The Morgan fingerprint density at radius 1 is 1.61 bits per heavy atom. The summed E-state index contributed by atoms with van der Waals surface area (Å²) in [6, 6.07) is 0. The quantitative estimate of drug-likeness (QED) is 0.401. The maximum atomic E-state index is 11.4. The number of ether oxygens (including phenoxy) is 1. The van der Waals surface area contributed by atoms with E-state index in [1.165, 1.54) is 23.1 Å². The zero-order valence-electron chi connectivity index (χ0n) is 10.1. The molecule has 1 heterocycles. The fraction of sp³-hybridized carbons (Fsp3) is 0.500. The number of rotatable bonds is 9. The lowest BCUT2D eigenvalue weighted by Gasteiger charge is -2.02. The monoisotopic (exact) mass is 288 g/mol. The molecule has 6 nitrogen and oxygen atoms in total. The van der Waals surface area contributed by atoms with Gasteiger partial charge in [-0.2, -0.15) is 0 Å². The number of amides is 1. The first-order valence-corrected chi connectivity index (χ1v) is 7.13. The third kappa shape index (κ3) is 5.99. The second-order valence-corrected chi connectivity index (χ2v) is 5.37. The number of thioether (sulfide) groups is 1. The van der Waals surface area contributed by atoms with E-state index in [9.17, 15) is 4.79 Å². The molecule has 8 heteroatoms. The summed E-state index contributed by atoms with van der Waals surface area (Å²) in [4.78, 5) is 11.4. The molecule has 0 radical (unpaired) electrons. The molecule has 1 amide bonds. The predicted molar refractivity (Wildman–Crippen MR) is 74.2 cm³/mol. The van der Waals surface area contributed by atoms with E-state index in [2.05, 4.69) is 27.4 Å². The minimum absolute atomic E-state index is 0.0344. The Morgan fingerprint density at radius 3 is 3.17 bits per heavy atom. The lowest BCUT2D eigenvalue weighted by atomic mass is 10.6. The van der Waals surface area contributed by atoms with Crippen molar-refractivity contribution in [3.8, 4) is 0 Å². The van der Waals surface area contributed by atoms with Crippen LogP contribution in [0, 0.1) is 0 Å². The van der Waals surface area contributed by atoms with Gasteiger partial charge < -0.3 is 15.4 Å². The van der Waals surface area contributed by atoms with Gasteiger partial charge in [-0.25, -0.2) is 0 Å². The molecule has 0 aliphatic rings. The van der Waals surface area contributed by atoms with Gasteiger partial charge in [0.15, 0.2) is 4.34 Å². The van der Waals surface area contributed by atoms with E-state index in [4.69, 9.17) is 4.74 Å². The minimum Gasteiger partial charge on any atom is -0.383 e. The van der Waals surface area contributed by atoms with Crippen LogP contribution in [0.25, 0.3) is 0 Å². The fourth-order valence-corrected chi connectivity index (χ4v) is 2.56. The maximum absolute atomic E-state index is 11.4. The van der Waals surface area contributed by atoms with E-state index >= 15 is 0 Å². The summed E-state index contributed by atoms with van der Waals surface area (Å²) in [5.74, 6) is 0.299. The molecule has 100 valence electrons. The van der Waals surface area contributed by atoms with Gasteiger partial charge in [0, 0.05) is 20.2 Å². The van der Waals surface area contributed by atoms with Crippen LogP contribution in [-0.2, 0) is 9.53 Å². The standard InChI is InChI=1S/C10H16N4O2S2/c1-3-4-12-9-13-14-10(18-9)17-7-8(15)11-5-6-16-2/h3H,1,4-7H2,2H3,(H,11,15)(H,12,13). The van der Waals surface area contributed by atoms with E-state index in [1.807, 2.05) is 0 Å². The van der Waals surface area contributed by atoms with Gasteiger partial charge in [0.05, 0.1) is 12.4 Å². The zero-order valence-corrected chi connectivity index (χ0v) is 11.8. The number of nitrogens with zero attached hydrogens (tertiary/aromatic N) is 2. The molecule has 0 unspecified atom stereocenters. The van der Waals surface area contributed by atoms with Crippen molar-refractivity contribution in [1.82, 2.24) is 15.5 Å². The van der Waals surface area contributed by atoms with Crippen molar-refractivity contribution < 1.29 is 9.53 Å². The molecule has 2 N–H and O–H groups in total. The van der Waals surface area contributed by atoms with Crippen LogP contribution in [0.15, 0.2) is 17.0 Å². The molecule has 18 heavy (non-hydrogen) atoms. The van der Waals surface area contributed by atoms with Gasteiger partial charge in [-0.15, -0.1) is 16.8 Å². The first-order valence-electron chi connectivity index (χ1n) is 5.33. The second kappa shape index (κ2) is 8.90. The van der Waals surface area contributed by atoms with E-state index in [1.54, 1.807) is 13.2 Å². The number of aromatic nitrogens is 2. The van der Waals surface area contributed by atoms with Crippen LogP contribution in [0.4, 0.5) is 5.13 Å². The largest absolute Gasteiger partial charge is 0.383 e. The Hall–Kier alpha value is -1.12. The van der Waals surface area contributed by atoms with Crippen molar-refractivity contribution in [3.05, 3.63) is 12.7 Å². The summed E-state index contributed by atoms with van der Waals surface area (Å²) in [6.45, 7) is 5.30. The number of nitrogens with one attached hydrogen (secondary N) is 2. The highest BCUT2D eigenvalue weighted by molar-refractivity contribution is 8.01. The van der Waals surface area contributed by atoms with E-state index in [0.29, 0.717) is 25.4 Å². The molecule has 1 rings (SSSR count). The van der Waals surface area contributed by atoms with Crippen LogP contribution in [0.1, 0.15) is 0 Å². The minimum atomic E-state index is -0.0344. The molecular weight excluding hydrogens is 272 g/mol. The van der Waals surface area contributed by atoms with E-state index < -0.39 is 0 Å². The number of anilines is 1. The summed E-state index contributed by atoms with van der Waals surface area (Å²) in [6.07, 6.45) is 1.75. The van der Waals surface area contributed by atoms with Crippen LogP contribution in [0.5, 0.6) is 0 Å². The Bertz CT molecular complexity index is 384. The van der Waals surface area contributed by atoms with Crippen molar-refractivity contribution in [2.45, 2.75) is 4.34 Å². The van der Waals surface area contributed by atoms with Crippen molar-refractivity contribution in [2.75, 3.05) is 37.9 Å². The smallest absolute Gasteiger partial charge is 0.230 e. The van der Waals surface area contributed by atoms with Gasteiger partial charge >= 0.3 is 0 Å². The maximum Gasteiger partial charge on any atom is 0.230 e. The molecule has 0 atom stereocenters. The summed E-state index contributed by atoms with van der Waals surface area (Å²) in [7, 11) is 1.60. The third-order valence-electron chi connectivity index (χ3n) is 1.76. The van der Waals surface area contributed by atoms with Crippen LogP contribution >= 0.6 is 23.1 Å². The van der Waals surface area contributed by atoms with Crippen molar-refractivity contribution in [1.29, 1.82) is 0 Å². The molecule has 0 saturated heterocycles. The molecule has 1 aromatic heterocycles. The number of hydrogen-bond donors (Lipinski definition) is 2. The summed E-state index contributed by atoms with van der Waals surface area (Å²) < 4.78 is 5.60. The Kier molecular flexibility index (Phi) is 7.38. The average molecular weight is 288 g/mol. The van der Waals surface area contributed by atoms with Crippen LogP contribution in [0.2, 0.25) is 0 Å². The summed E-state index contributed by atoms with van der Waals surface area (Å²) >= 11 is 2.79. The molecule has 0 aliphatic heterocycles. The summed E-state index contributed by atoms with van der Waals surface area (Å²) in [5.41, 5.74) is 0.